The molecule has 0 radical (unpaired) electrons. The van der Waals surface area contributed by atoms with E-state index in [9.17, 15) is 19.2 Å². The number of rotatable bonds is 12. The molecule has 1 saturated carbocycles. The monoisotopic (exact) mass is 886 g/mol. The zero-order valence-electron chi connectivity index (χ0n) is 38.5. The number of carbonyl (C=O) groups excluding carboxylic acids is 4. The highest BCUT2D eigenvalue weighted by atomic mass is 16.5. The Hall–Kier alpha value is -6.38. The third kappa shape index (κ3) is 9.28. The van der Waals surface area contributed by atoms with E-state index >= 15 is 0 Å². The second-order valence-electron chi connectivity index (χ2n) is 18.5. The summed E-state index contributed by atoms with van der Waals surface area (Å²) in [6.07, 6.45) is 5.63. The van der Waals surface area contributed by atoms with Crippen molar-refractivity contribution in [2.75, 3.05) is 27.4 Å². The minimum absolute atomic E-state index is 0.0560. The Morgan fingerprint density at radius 1 is 0.769 bits per heavy atom. The van der Waals surface area contributed by atoms with Crippen molar-refractivity contribution in [1.29, 1.82) is 0 Å². The molecule has 15 heteroatoms. The van der Waals surface area contributed by atoms with Crippen LogP contribution in [-0.4, -0.2) is 94.3 Å². The van der Waals surface area contributed by atoms with E-state index in [-0.39, 0.29) is 35.6 Å². The van der Waals surface area contributed by atoms with Crippen LogP contribution >= 0.6 is 0 Å². The van der Waals surface area contributed by atoms with Crippen LogP contribution in [0.2, 0.25) is 0 Å². The standard InChI is InChI=1S/C50H62N8O7/c1-28(2)41(55-48(61)63-6)45(59)57-50(22-9-8-10-23-50)47-52-36-20-18-33(26-38(36)53-47)31-13-15-32(16-14-31)34-17-19-35-40(27-34)65-25-21-37-43(35)54-44(51-37)30(5)39-12-11-24-58(39)46(60)42(29(3)4)56-49(62)64-7/h13-20,26-30,39,41-42H,8-12,21-25H2,1-7H3,(H,51,54)(H,52,53)(H,55,61)(H,56,62)(H,57,59). The maximum atomic E-state index is 13.8. The third-order valence-corrected chi connectivity index (χ3v) is 13.6. The van der Waals surface area contributed by atoms with Gasteiger partial charge < -0.3 is 45.0 Å². The van der Waals surface area contributed by atoms with Crippen molar-refractivity contribution in [1.82, 2.24) is 40.8 Å². The largest absolute Gasteiger partial charge is 0.492 e. The van der Waals surface area contributed by atoms with Crippen LogP contribution in [0.1, 0.15) is 103 Å². The van der Waals surface area contributed by atoms with E-state index in [2.05, 4.69) is 87.4 Å². The first kappa shape index (κ1) is 45.2. The molecule has 2 aromatic heterocycles. The minimum atomic E-state index is -0.747. The molecule has 1 saturated heterocycles. The van der Waals surface area contributed by atoms with Crippen molar-refractivity contribution in [3.8, 4) is 39.3 Å². The van der Waals surface area contributed by atoms with E-state index in [0.717, 1.165) is 113 Å². The Kier molecular flexibility index (Phi) is 13.2. The lowest BCUT2D eigenvalue weighted by molar-refractivity contribution is -0.135. The molecule has 0 bridgehead atoms. The summed E-state index contributed by atoms with van der Waals surface area (Å²) in [5.74, 6) is 1.69. The maximum absolute atomic E-state index is 13.8. The number of likely N-dealkylation sites (tertiary alicyclic amines) is 1. The van der Waals surface area contributed by atoms with Gasteiger partial charge in [-0.1, -0.05) is 90.3 Å². The molecule has 3 aromatic carbocycles. The molecule has 4 amide bonds. The van der Waals surface area contributed by atoms with Gasteiger partial charge in [-0.15, -0.1) is 0 Å². The smallest absolute Gasteiger partial charge is 0.407 e. The van der Waals surface area contributed by atoms with E-state index in [1.54, 1.807) is 0 Å². The number of aromatic nitrogens is 4. The first-order valence-corrected chi connectivity index (χ1v) is 23.1. The zero-order valence-corrected chi connectivity index (χ0v) is 38.5. The van der Waals surface area contributed by atoms with Crippen LogP contribution in [-0.2, 0) is 31.0 Å². The number of nitrogens with zero attached hydrogens (tertiary/aromatic N) is 3. The Balaban J connectivity index is 0.988. The maximum Gasteiger partial charge on any atom is 0.407 e. The van der Waals surface area contributed by atoms with E-state index in [1.165, 1.54) is 14.2 Å². The molecule has 4 atom stereocenters. The topological polar surface area (TPSA) is 193 Å². The SMILES string of the molecule is COC(=O)NC(C(=O)NC1(c2nc3ccc(-c4ccc(-c5ccc6c(c5)OCCc5[nH]c(C(C)C7CCCN7C(=O)C(NC(=O)OC)C(C)C)nc5-6)cc4)cc3[nH]2)CCCCC1)C(C)C. The van der Waals surface area contributed by atoms with Crippen LogP contribution in [0.15, 0.2) is 60.7 Å². The highest BCUT2D eigenvalue weighted by Gasteiger charge is 2.42. The Morgan fingerprint density at radius 2 is 1.40 bits per heavy atom. The average Bonchev–Trinajstić information content (AvgIpc) is 4.07. The van der Waals surface area contributed by atoms with Gasteiger partial charge in [-0.2, -0.15) is 0 Å². The highest BCUT2D eigenvalue weighted by molar-refractivity contribution is 5.88. The van der Waals surface area contributed by atoms with E-state index in [0.29, 0.717) is 19.6 Å². The Labute approximate surface area is 380 Å². The fourth-order valence-electron chi connectivity index (χ4n) is 9.86. The van der Waals surface area contributed by atoms with Gasteiger partial charge in [0.2, 0.25) is 11.8 Å². The van der Waals surface area contributed by atoms with Gasteiger partial charge in [-0.25, -0.2) is 19.6 Å². The van der Waals surface area contributed by atoms with Crippen LogP contribution in [0.4, 0.5) is 9.59 Å². The first-order chi connectivity index (χ1) is 31.3. The van der Waals surface area contributed by atoms with Crippen molar-refractivity contribution in [2.24, 2.45) is 11.8 Å². The molecule has 0 spiro atoms. The number of nitrogens with one attached hydrogen (secondary N) is 5. The number of H-pyrrole nitrogens is 2. The molecular weight excluding hydrogens is 825 g/mol. The predicted octanol–water partition coefficient (Wildman–Crippen LogP) is 8.35. The molecule has 5 aromatic rings. The number of amides is 4. The number of hydrogen-bond acceptors (Lipinski definition) is 9. The minimum Gasteiger partial charge on any atom is -0.492 e. The molecule has 5 N–H and O–H groups in total. The summed E-state index contributed by atoms with van der Waals surface area (Å²) < 4.78 is 15.9. The van der Waals surface area contributed by atoms with Crippen LogP contribution in [0.5, 0.6) is 5.75 Å². The molecule has 4 heterocycles. The van der Waals surface area contributed by atoms with Crippen LogP contribution < -0.4 is 20.7 Å². The lowest BCUT2D eigenvalue weighted by atomic mass is 9.80. The van der Waals surface area contributed by atoms with Crippen LogP contribution in [0.25, 0.3) is 44.5 Å². The number of methoxy groups -OCH3 is 2. The Morgan fingerprint density at radius 3 is 2.06 bits per heavy atom. The number of imidazole rings is 2. The fraction of sp³-hybridized carbons (Fsp3) is 0.480. The van der Waals surface area contributed by atoms with Gasteiger partial charge in [-0.05, 0) is 84.0 Å². The van der Waals surface area contributed by atoms with Gasteiger partial charge >= 0.3 is 12.2 Å². The molecule has 65 heavy (non-hydrogen) atoms. The summed E-state index contributed by atoms with van der Waals surface area (Å²) in [5, 5.41) is 8.75. The first-order valence-electron chi connectivity index (χ1n) is 23.1. The van der Waals surface area contributed by atoms with Gasteiger partial charge in [0.25, 0.3) is 0 Å². The summed E-state index contributed by atoms with van der Waals surface area (Å²) in [6, 6.07) is 19.5. The fourth-order valence-corrected chi connectivity index (χ4v) is 9.86. The summed E-state index contributed by atoms with van der Waals surface area (Å²) >= 11 is 0. The third-order valence-electron chi connectivity index (χ3n) is 13.6. The zero-order chi connectivity index (χ0) is 46.0. The number of aromatic amines is 2. The quantitative estimate of drug-likeness (QED) is 0.0819. The van der Waals surface area contributed by atoms with Crippen molar-refractivity contribution < 1.29 is 33.4 Å². The molecular formula is C50H62N8O7. The predicted molar refractivity (Wildman–Crippen MR) is 248 cm³/mol. The molecule has 3 aliphatic rings. The Bertz CT molecular complexity index is 2540. The highest BCUT2D eigenvalue weighted by Crippen LogP contribution is 2.41. The lowest BCUT2D eigenvalue weighted by Gasteiger charge is -2.38. The second-order valence-corrected chi connectivity index (χ2v) is 18.5. The normalized spacial score (nSPS) is 18.2. The second kappa shape index (κ2) is 19.0. The average molecular weight is 887 g/mol. The van der Waals surface area contributed by atoms with Gasteiger partial charge in [0.05, 0.1) is 43.1 Å². The van der Waals surface area contributed by atoms with E-state index < -0.39 is 29.8 Å². The number of hydrogen-bond donors (Lipinski definition) is 5. The number of fused-ring (bicyclic) bond motifs is 4. The van der Waals surface area contributed by atoms with Gasteiger partial charge in [0.15, 0.2) is 0 Å². The molecule has 4 unspecified atom stereocenters. The number of benzene rings is 3. The molecule has 8 rings (SSSR count). The van der Waals surface area contributed by atoms with E-state index in [1.807, 2.05) is 38.7 Å². The summed E-state index contributed by atoms with van der Waals surface area (Å²) in [5.41, 5.74) is 7.99. The lowest BCUT2D eigenvalue weighted by Crippen LogP contribution is -2.56. The molecule has 2 aliphatic heterocycles. The molecule has 2 fully saturated rings. The number of ether oxygens (including phenoxy) is 3. The van der Waals surface area contributed by atoms with Gasteiger partial charge in [0.1, 0.15) is 29.5 Å². The summed E-state index contributed by atoms with van der Waals surface area (Å²) in [6.45, 7) is 10.9. The van der Waals surface area contributed by atoms with Crippen molar-refractivity contribution in [3.63, 3.8) is 0 Å². The van der Waals surface area contributed by atoms with Crippen molar-refractivity contribution in [3.05, 3.63) is 78.0 Å². The molecule has 1 aliphatic carbocycles. The molecule has 344 valence electrons. The summed E-state index contributed by atoms with van der Waals surface area (Å²) in [7, 11) is 2.60. The number of alkyl carbamates (subject to hydrolysis) is 2. The van der Waals surface area contributed by atoms with Crippen molar-refractivity contribution in [2.45, 2.75) is 116 Å². The van der Waals surface area contributed by atoms with E-state index in [4.69, 9.17) is 24.2 Å². The van der Waals surface area contributed by atoms with Gasteiger partial charge in [-0.3, -0.25) is 9.59 Å². The van der Waals surface area contributed by atoms with Gasteiger partial charge in [0, 0.05) is 36.2 Å². The molecule has 15 nitrogen and oxygen atoms in total. The number of carbonyl (C=O) groups is 4. The van der Waals surface area contributed by atoms with Crippen molar-refractivity contribution >= 4 is 35.0 Å². The summed E-state index contributed by atoms with van der Waals surface area (Å²) in [4.78, 5) is 71.0. The van der Waals surface area contributed by atoms with Crippen LogP contribution in [0, 0.1) is 11.8 Å². The van der Waals surface area contributed by atoms with Crippen LogP contribution in [0.3, 0.4) is 0 Å².